The molecule has 3 nitrogen and oxygen atoms in total. The van der Waals surface area contributed by atoms with Crippen LogP contribution >= 0.6 is 23.2 Å². The molecule has 3 unspecified atom stereocenters. The van der Waals surface area contributed by atoms with Crippen molar-refractivity contribution in [1.29, 1.82) is 0 Å². The predicted molar refractivity (Wildman–Crippen MR) is 233 cm³/mol. The maximum atomic E-state index is 6.45. The monoisotopic (exact) mass is 762 g/mol. The highest BCUT2D eigenvalue weighted by atomic mass is 35.5. The van der Waals surface area contributed by atoms with Crippen molar-refractivity contribution in [2.24, 2.45) is 17.6 Å². The summed E-state index contributed by atoms with van der Waals surface area (Å²) in [5, 5.41) is 5.19. The first kappa shape index (κ1) is 43.8. The first-order valence-corrected chi connectivity index (χ1v) is 21.7. The number of nitrogens with zero attached hydrogens (tertiary/aromatic N) is 1. The average molecular weight is 763 g/mol. The Morgan fingerprint density at radius 3 is 1.38 bits per heavy atom. The van der Waals surface area contributed by atoms with E-state index in [-0.39, 0.29) is 11.5 Å². The summed E-state index contributed by atoms with van der Waals surface area (Å²) in [6.07, 6.45) is 16.7. The number of nitrogens with two attached hydrogens (primary N) is 1. The van der Waals surface area contributed by atoms with Gasteiger partial charge in [-0.25, -0.2) is 0 Å². The zero-order chi connectivity index (χ0) is 38.8. The standard InChI is InChI=1S/C17H27N.C16H24ClN.C15H22ClN/c1-5-7-16(18(3)4)17(12-6-13-17)15-10-8-14(2)9-11-15;1-12(2)11-15(18-3)16(9-4-10-16)13-5-7-14(17)8-6-13;1-11(2)10-14(17)15(8-3-9-15)12-4-6-13(16)7-5-12/h8-11,16H,5-7,12-13H2,1-4H3;5-8,12,15,18H,4,9-11H2,1-3H3;4-7,11,14H,3,8-10,17H2,1-2H3. The van der Waals surface area contributed by atoms with Crippen LogP contribution in [0.25, 0.3) is 0 Å². The summed E-state index contributed by atoms with van der Waals surface area (Å²) < 4.78 is 0. The normalized spacial score (nSPS) is 19.8. The van der Waals surface area contributed by atoms with E-state index in [9.17, 15) is 0 Å². The largest absolute Gasteiger partial charge is 0.327 e. The molecule has 3 atom stereocenters. The molecule has 5 heteroatoms. The van der Waals surface area contributed by atoms with Crippen molar-refractivity contribution in [3.63, 3.8) is 0 Å². The minimum absolute atomic E-state index is 0.217. The van der Waals surface area contributed by atoms with Crippen LogP contribution in [0.1, 0.15) is 140 Å². The van der Waals surface area contributed by atoms with Gasteiger partial charge >= 0.3 is 0 Å². The molecule has 3 fully saturated rings. The molecule has 3 aliphatic carbocycles. The molecular formula is C48H73Cl2N3. The Morgan fingerprint density at radius 2 is 1.04 bits per heavy atom. The van der Waals surface area contributed by atoms with E-state index in [4.69, 9.17) is 28.9 Å². The first-order valence-electron chi connectivity index (χ1n) is 20.9. The van der Waals surface area contributed by atoms with Gasteiger partial charge in [0.1, 0.15) is 0 Å². The van der Waals surface area contributed by atoms with Gasteiger partial charge in [-0.3, -0.25) is 0 Å². The fourth-order valence-corrected chi connectivity index (χ4v) is 10.0. The van der Waals surface area contributed by atoms with Gasteiger partial charge in [0.2, 0.25) is 0 Å². The van der Waals surface area contributed by atoms with Crippen molar-refractivity contribution in [1.82, 2.24) is 10.2 Å². The number of aryl methyl sites for hydroxylation is 1. The van der Waals surface area contributed by atoms with E-state index in [2.05, 4.69) is 121 Å². The van der Waals surface area contributed by atoms with Gasteiger partial charge in [0, 0.05) is 44.4 Å². The summed E-state index contributed by atoms with van der Waals surface area (Å²) in [7, 11) is 6.59. The van der Waals surface area contributed by atoms with Crippen LogP contribution in [-0.2, 0) is 16.2 Å². The Balaban J connectivity index is 0.000000178. The molecule has 3 aromatic rings. The second kappa shape index (κ2) is 19.8. The van der Waals surface area contributed by atoms with E-state index >= 15 is 0 Å². The van der Waals surface area contributed by atoms with Crippen LogP contribution in [0, 0.1) is 18.8 Å². The lowest BCUT2D eigenvalue weighted by atomic mass is 9.59. The molecule has 3 saturated carbocycles. The molecule has 0 saturated heterocycles. The second-order valence-corrected chi connectivity index (χ2v) is 18.8. The lowest BCUT2D eigenvalue weighted by Crippen LogP contribution is -2.52. The summed E-state index contributed by atoms with van der Waals surface area (Å²) >= 11 is 12.0. The maximum Gasteiger partial charge on any atom is 0.0406 e. The lowest BCUT2D eigenvalue weighted by molar-refractivity contribution is 0.0895. The van der Waals surface area contributed by atoms with E-state index in [1.54, 1.807) is 5.56 Å². The van der Waals surface area contributed by atoms with Crippen LogP contribution in [-0.4, -0.2) is 44.2 Å². The van der Waals surface area contributed by atoms with E-state index in [0.29, 0.717) is 28.8 Å². The summed E-state index contributed by atoms with van der Waals surface area (Å²) in [5.74, 6) is 1.39. The van der Waals surface area contributed by atoms with Crippen molar-refractivity contribution >= 4 is 23.2 Å². The summed E-state index contributed by atoms with van der Waals surface area (Å²) in [4.78, 5) is 2.45. The van der Waals surface area contributed by atoms with Crippen LogP contribution in [0.4, 0.5) is 0 Å². The molecule has 3 aromatic carbocycles. The molecule has 294 valence electrons. The van der Waals surface area contributed by atoms with Gasteiger partial charge in [0.05, 0.1) is 0 Å². The Hall–Kier alpha value is -1.88. The van der Waals surface area contributed by atoms with E-state index in [1.807, 2.05) is 24.3 Å². The number of benzene rings is 3. The molecule has 0 aromatic heterocycles. The summed E-state index contributed by atoms with van der Waals surface area (Å²) in [5.41, 5.74) is 13.2. The molecule has 0 radical (unpaired) electrons. The number of hydrogen-bond donors (Lipinski definition) is 2. The van der Waals surface area contributed by atoms with Crippen LogP contribution in [0.15, 0.2) is 72.8 Å². The Bertz CT molecular complexity index is 1480. The number of rotatable bonds is 14. The zero-order valence-electron chi connectivity index (χ0n) is 34.8. The maximum absolute atomic E-state index is 6.45. The van der Waals surface area contributed by atoms with Crippen molar-refractivity contribution in [2.75, 3.05) is 21.1 Å². The second-order valence-electron chi connectivity index (χ2n) is 17.9. The van der Waals surface area contributed by atoms with Crippen molar-refractivity contribution in [3.05, 3.63) is 105 Å². The Labute approximate surface area is 335 Å². The smallest absolute Gasteiger partial charge is 0.0406 e. The highest BCUT2D eigenvalue weighted by molar-refractivity contribution is 6.30. The molecular weight excluding hydrogens is 689 g/mol. The van der Waals surface area contributed by atoms with Crippen LogP contribution < -0.4 is 11.1 Å². The minimum atomic E-state index is 0.217. The highest BCUT2D eigenvalue weighted by Gasteiger charge is 2.47. The molecule has 6 rings (SSSR count). The lowest BCUT2D eigenvalue weighted by Gasteiger charge is -2.51. The Kier molecular flexibility index (Phi) is 16.4. The first-order chi connectivity index (χ1) is 25.2. The molecule has 0 amide bonds. The third kappa shape index (κ3) is 10.5. The predicted octanol–water partition coefficient (Wildman–Crippen LogP) is 12.7. The zero-order valence-corrected chi connectivity index (χ0v) is 36.3. The molecule has 3 aliphatic rings. The fraction of sp³-hybridized carbons (Fsp3) is 0.625. The van der Waals surface area contributed by atoms with Gasteiger partial charge in [-0.15, -0.1) is 0 Å². The number of likely N-dealkylation sites (N-methyl/N-ethyl adjacent to an activating group) is 2. The summed E-state index contributed by atoms with van der Waals surface area (Å²) in [6.45, 7) is 13.6. The van der Waals surface area contributed by atoms with Crippen LogP contribution in [0.3, 0.4) is 0 Å². The van der Waals surface area contributed by atoms with E-state index in [0.717, 1.165) is 22.4 Å². The van der Waals surface area contributed by atoms with Gasteiger partial charge < -0.3 is 16.0 Å². The summed E-state index contributed by atoms with van der Waals surface area (Å²) in [6, 6.07) is 27.6. The number of halogens is 2. The number of nitrogens with one attached hydrogen (secondary N) is 1. The Morgan fingerprint density at radius 1 is 0.642 bits per heavy atom. The topological polar surface area (TPSA) is 41.3 Å². The van der Waals surface area contributed by atoms with Gasteiger partial charge in [0.15, 0.2) is 0 Å². The van der Waals surface area contributed by atoms with Gasteiger partial charge in [-0.1, -0.05) is 138 Å². The van der Waals surface area contributed by atoms with Crippen LogP contribution in [0.2, 0.25) is 10.0 Å². The number of hydrogen-bond acceptors (Lipinski definition) is 3. The third-order valence-electron chi connectivity index (χ3n) is 13.2. The van der Waals surface area contributed by atoms with Gasteiger partial charge in [-0.2, -0.15) is 0 Å². The van der Waals surface area contributed by atoms with Crippen molar-refractivity contribution in [2.45, 2.75) is 159 Å². The van der Waals surface area contributed by atoms with E-state index < -0.39 is 0 Å². The van der Waals surface area contributed by atoms with E-state index in [1.165, 1.54) is 93.7 Å². The van der Waals surface area contributed by atoms with Gasteiger partial charge in [-0.05, 0) is 139 Å². The molecule has 0 spiro atoms. The molecule has 0 bridgehead atoms. The SMILES string of the molecule is CC(C)CC(N)C1(c2ccc(Cl)cc2)CCC1.CCCC(N(C)C)C1(c2ccc(C)cc2)CCC1.CNC(CC(C)C)C1(c2ccc(Cl)cc2)CCC1. The molecule has 3 N–H and O–H groups in total. The molecule has 0 aliphatic heterocycles. The highest BCUT2D eigenvalue weighted by Crippen LogP contribution is 2.50. The molecule has 53 heavy (non-hydrogen) atoms. The quantitative estimate of drug-likeness (QED) is 0.172. The molecule has 0 heterocycles. The van der Waals surface area contributed by atoms with Gasteiger partial charge in [0.25, 0.3) is 0 Å². The minimum Gasteiger partial charge on any atom is -0.327 e. The van der Waals surface area contributed by atoms with Crippen molar-refractivity contribution in [3.8, 4) is 0 Å². The fourth-order valence-electron chi connectivity index (χ4n) is 9.78. The average Bonchev–Trinajstić information content (AvgIpc) is 3.05. The third-order valence-corrected chi connectivity index (χ3v) is 13.7. The van der Waals surface area contributed by atoms with Crippen molar-refractivity contribution < 1.29 is 0 Å². The van der Waals surface area contributed by atoms with Crippen LogP contribution in [0.5, 0.6) is 0 Å².